The molecular weight excluding hydrogens is 235 g/mol. The van der Waals surface area contributed by atoms with Gasteiger partial charge in [-0.15, -0.1) is 0 Å². The largest absolute Gasteiger partial charge is 0.439 e. The molecule has 0 spiro atoms. The van der Waals surface area contributed by atoms with Gasteiger partial charge < -0.3 is 4.74 Å². The Bertz CT molecular complexity index is 459. The van der Waals surface area contributed by atoms with Gasteiger partial charge in [-0.2, -0.15) is 0 Å². The van der Waals surface area contributed by atoms with Crippen LogP contribution < -0.4 is 4.74 Å². The highest BCUT2D eigenvalue weighted by Crippen LogP contribution is 2.22. The Morgan fingerprint density at radius 2 is 1.73 bits per heavy atom. The van der Waals surface area contributed by atoms with E-state index in [9.17, 15) is 0 Å². The van der Waals surface area contributed by atoms with Crippen molar-refractivity contribution in [3.63, 3.8) is 0 Å². The van der Waals surface area contributed by atoms with E-state index < -0.39 is 0 Å². The first-order chi connectivity index (χ1) is 7.24. The number of hydrogen-bond acceptors (Lipinski definition) is 3. The molecule has 0 saturated carbocycles. The molecule has 1 heterocycles. The molecule has 15 heavy (non-hydrogen) atoms. The molecule has 0 atom stereocenters. The van der Waals surface area contributed by atoms with E-state index in [2.05, 4.69) is 9.97 Å². The van der Waals surface area contributed by atoms with Gasteiger partial charge in [-0.1, -0.05) is 23.2 Å². The Hall–Kier alpha value is -1.32. The average Bonchev–Trinajstić information content (AvgIpc) is 2.22. The summed E-state index contributed by atoms with van der Waals surface area (Å²) in [5.74, 6) is 1.05. The first-order valence-electron chi connectivity index (χ1n) is 4.15. The molecule has 0 radical (unpaired) electrons. The molecule has 0 unspecified atom stereocenters. The predicted molar refractivity (Wildman–Crippen MR) is 58.6 cm³/mol. The van der Waals surface area contributed by atoms with Gasteiger partial charge in [-0.3, -0.25) is 0 Å². The van der Waals surface area contributed by atoms with Crippen LogP contribution in [-0.4, -0.2) is 9.97 Å². The second kappa shape index (κ2) is 4.47. The highest BCUT2D eigenvalue weighted by Gasteiger charge is 1.99. The van der Waals surface area contributed by atoms with Gasteiger partial charge in [0.25, 0.3) is 0 Å². The summed E-state index contributed by atoms with van der Waals surface area (Å²) in [7, 11) is 0. The second-order valence-electron chi connectivity index (χ2n) is 2.73. The van der Waals surface area contributed by atoms with Crippen LogP contribution in [0.25, 0.3) is 0 Å². The molecule has 5 heteroatoms. The minimum atomic E-state index is 0.342. The van der Waals surface area contributed by atoms with Crippen molar-refractivity contribution < 1.29 is 4.74 Å². The minimum Gasteiger partial charge on any atom is -0.439 e. The van der Waals surface area contributed by atoms with Crippen LogP contribution in [0.4, 0.5) is 0 Å². The lowest BCUT2D eigenvalue weighted by molar-refractivity contribution is 0.461. The molecule has 0 N–H and O–H groups in total. The number of hydrogen-bond donors (Lipinski definition) is 0. The molecule has 3 nitrogen and oxygen atoms in total. The number of nitrogens with zero attached hydrogens (tertiary/aromatic N) is 2. The van der Waals surface area contributed by atoms with E-state index in [4.69, 9.17) is 27.9 Å². The average molecular weight is 241 g/mol. The molecule has 1 aromatic heterocycles. The molecule has 0 aliphatic rings. The zero-order valence-corrected chi connectivity index (χ0v) is 9.03. The van der Waals surface area contributed by atoms with E-state index in [1.165, 1.54) is 12.4 Å². The summed E-state index contributed by atoms with van der Waals surface area (Å²) in [6.45, 7) is 0. The Morgan fingerprint density at radius 3 is 2.40 bits per heavy atom. The number of aromatic nitrogens is 2. The van der Waals surface area contributed by atoms with E-state index in [0.29, 0.717) is 21.8 Å². The number of benzene rings is 1. The molecule has 0 aliphatic carbocycles. The van der Waals surface area contributed by atoms with Crippen molar-refractivity contribution in [2.75, 3.05) is 0 Å². The van der Waals surface area contributed by atoms with Gasteiger partial charge in [-0.25, -0.2) is 9.97 Å². The van der Waals surface area contributed by atoms with Gasteiger partial charge in [0.2, 0.25) is 5.88 Å². The van der Waals surface area contributed by atoms with Crippen molar-refractivity contribution in [1.29, 1.82) is 0 Å². The van der Waals surface area contributed by atoms with E-state index in [1.54, 1.807) is 24.3 Å². The molecule has 1 aromatic carbocycles. The molecule has 0 saturated heterocycles. The van der Waals surface area contributed by atoms with Crippen LogP contribution in [0.5, 0.6) is 11.6 Å². The summed E-state index contributed by atoms with van der Waals surface area (Å²) in [6, 6.07) is 8.51. The molecule has 0 amide bonds. The molecule has 0 aliphatic heterocycles. The van der Waals surface area contributed by atoms with Crippen LogP contribution in [0.1, 0.15) is 0 Å². The third kappa shape index (κ3) is 2.81. The van der Waals surface area contributed by atoms with Crippen LogP contribution in [-0.2, 0) is 0 Å². The van der Waals surface area contributed by atoms with Crippen molar-refractivity contribution in [3.8, 4) is 11.6 Å². The highest BCUT2D eigenvalue weighted by atomic mass is 35.5. The number of rotatable bonds is 2. The van der Waals surface area contributed by atoms with E-state index in [0.717, 1.165) is 0 Å². The molecule has 0 bridgehead atoms. The zero-order chi connectivity index (χ0) is 10.7. The van der Waals surface area contributed by atoms with Crippen molar-refractivity contribution >= 4 is 23.2 Å². The van der Waals surface area contributed by atoms with Gasteiger partial charge in [0.1, 0.15) is 17.2 Å². The smallest absolute Gasteiger partial charge is 0.223 e. The maximum absolute atomic E-state index is 5.74. The number of halogens is 2. The van der Waals surface area contributed by atoms with Crippen molar-refractivity contribution in [1.82, 2.24) is 9.97 Å². The molecule has 76 valence electrons. The maximum atomic E-state index is 5.74. The molecule has 2 rings (SSSR count). The SMILES string of the molecule is Clc1ccc(Oc2cc(Cl)ncn2)cc1. The third-order valence-corrected chi connectivity index (χ3v) is 2.10. The summed E-state index contributed by atoms with van der Waals surface area (Å²) in [6.07, 6.45) is 1.34. The molecule has 0 fully saturated rings. The van der Waals surface area contributed by atoms with Crippen LogP contribution in [0, 0.1) is 0 Å². The third-order valence-electron chi connectivity index (χ3n) is 1.64. The lowest BCUT2D eigenvalue weighted by Crippen LogP contribution is -1.88. The van der Waals surface area contributed by atoms with Crippen LogP contribution >= 0.6 is 23.2 Å². The van der Waals surface area contributed by atoms with E-state index in [-0.39, 0.29) is 0 Å². The Kier molecular flexibility index (Phi) is 3.04. The minimum absolute atomic E-state index is 0.342. The fraction of sp³-hybridized carbons (Fsp3) is 0. The monoisotopic (exact) mass is 240 g/mol. The van der Waals surface area contributed by atoms with Gasteiger partial charge in [0, 0.05) is 11.1 Å². The van der Waals surface area contributed by atoms with Crippen molar-refractivity contribution in [3.05, 3.63) is 46.8 Å². The topological polar surface area (TPSA) is 35.0 Å². The predicted octanol–water partition coefficient (Wildman–Crippen LogP) is 3.58. The van der Waals surface area contributed by atoms with Crippen LogP contribution in [0.15, 0.2) is 36.7 Å². The Morgan fingerprint density at radius 1 is 1.00 bits per heavy atom. The van der Waals surface area contributed by atoms with Gasteiger partial charge in [-0.05, 0) is 24.3 Å². The lowest BCUT2D eigenvalue weighted by atomic mass is 10.3. The summed E-state index contributed by atoms with van der Waals surface area (Å²) < 4.78 is 5.42. The summed E-state index contributed by atoms with van der Waals surface area (Å²) in [5, 5.41) is 0.997. The number of ether oxygens (including phenoxy) is 1. The standard InChI is InChI=1S/C10H6Cl2N2O/c11-7-1-3-8(4-2-7)15-10-5-9(12)13-6-14-10/h1-6H. The van der Waals surface area contributed by atoms with Crippen LogP contribution in [0.3, 0.4) is 0 Å². The van der Waals surface area contributed by atoms with Gasteiger partial charge in [0.05, 0.1) is 0 Å². The fourth-order valence-corrected chi connectivity index (χ4v) is 1.26. The summed E-state index contributed by atoms with van der Waals surface area (Å²) in [5.41, 5.74) is 0. The van der Waals surface area contributed by atoms with Crippen molar-refractivity contribution in [2.24, 2.45) is 0 Å². The van der Waals surface area contributed by atoms with Crippen molar-refractivity contribution in [2.45, 2.75) is 0 Å². The van der Waals surface area contributed by atoms with Gasteiger partial charge in [0.15, 0.2) is 0 Å². The van der Waals surface area contributed by atoms with Gasteiger partial charge >= 0.3 is 0 Å². The molecular formula is C10H6Cl2N2O. The van der Waals surface area contributed by atoms with E-state index >= 15 is 0 Å². The van der Waals surface area contributed by atoms with E-state index in [1.807, 2.05) is 0 Å². The highest BCUT2D eigenvalue weighted by molar-refractivity contribution is 6.30. The Labute approximate surface area is 96.6 Å². The maximum Gasteiger partial charge on any atom is 0.223 e. The first kappa shape index (κ1) is 10.2. The normalized spacial score (nSPS) is 10.0. The quantitative estimate of drug-likeness (QED) is 0.753. The second-order valence-corrected chi connectivity index (χ2v) is 3.56. The zero-order valence-electron chi connectivity index (χ0n) is 7.52. The summed E-state index contributed by atoms with van der Waals surface area (Å²) >= 11 is 11.4. The van der Waals surface area contributed by atoms with Crippen LogP contribution in [0.2, 0.25) is 10.2 Å². The Balaban J connectivity index is 2.18. The lowest BCUT2D eigenvalue weighted by Gasteiger charge is -2.03. The first-order valence-corrected chi connectivity index (χ1v) is 4.90. The summed E-state index contributed by atoms with van der Waals surface area (Å²) in [4.78, 5) is 7.66. The fourth-order valence-electron chi connectivity index (χ4n) is 0.997. The molecule has 2 aromatic rings.